The van der Waals surface area contributed by atoms with Crippen molar-refractivity contribution in [1.82, 2.24) is 4.90 Å². The van der Waals surface area contributed by atoms with Crippen LogP contribution < -0.4 is 0 Å². The lowest BCUT2D eigenvalue weighted by Crippen LogP contribution is -2.40. The fraction of sp³-hybridized carbons (Fsp3) is 0.333. The van der Waals surface area contributed by atoms with Crippen molar-refractivity contribution in [2.45, 2.75) is 12.5 Å². The summed E-state index contributed by atoms with van der Waals surface area (Å²) in [5.74, 6) is -1.54. The van der Waals surface area contributed by atoms with Crippen LogP contribution >= 0.6 is 0 Å². The smallest absolute Gasteiger partial charge is 0.342 e. The van der Waals surface area contributed by atoms with Gasteiger partial charge in [-0.1, -0.05) is 24.3 Å². The largest absolute Gasteiger partial charge is 0.507 e. The molecule has 3 rings (SSSR count). The minimum Gasteiger partial charge on any atom is -0.507 e. The van der Waals surface area contributed by atoms with Gasteiger partial charge in [-0.2, -0.15) is 0 Å². The van der Waals surface area contributed by atoms with E-state index < -0.39 is 34.4 Å². The lowest BCUT2D eigenvalue weighted by atomic mass is 10.1. The van der Waals surface area contributed by atoms with Gasteiger partial charge in [-0.05, 0) is 29.3 Å². The Bertz CT molecular complexity index is 969. The maximum absolute atomic E-state index is 12.2. The molecule has 1 N–H and O–H groups in total. The summed E-state index contributed by atoms with van der Waals surface area (Å²) in [6.07, 6.45) is 0.379. The average molecular weight is 377 g/mol. The Labute approximate surface area is 151 Å². The van der Waals surface area contributed by atoms with Crippen LogP contribution in [-0.4, -0.2) is 61.5 Å². The Hall–Kier alpha value is -2.61. The standard InChI is InChI=1S/C18H19NO6S/c1-19(14-6-7-26(23,24)11-14)17(21)10-25-18(22)15-8-12-4-2-3-5-13(12)9-16(15)20/h2-5,8-9,14,20H,6-7,10-11H2,1H3. The van der Waals surface area contributed by atoms with E-state index in [0.29, 0.717) is 6.42 Å². The van der Waals surface area contributed by atoms with E-state index in [1.165, 1.54) is 24.1 Å². The number of carbonyl (C=O) groups is 2. The van der Waals surface area contributed by atoms with E-state index in [0.717, 1.165) is 10.8 Å². The van der Waals surface area contributed by atoms with Crippen molar-refractivity contribution in [2.24, 2.45) is 0 Å². The lowest BCUT2D eigenvalue weighted by molar-refractivity contribution is -0.134. The van der Waals surface area contributed by atoms with Crippen molar-refractivity contribution in [3.8, 4) is 5.75 Å². The molecule has 1 amide bonds. The number of nitrogens with zero attached hydrogens (tertiary/aromatic N) is 1. The number of esters is 1. The van der Waals surface area contributed by atoms with Gasteiger partial charge in [0.15, 0.2) is 16.4 Å². The fourth-order valence-electron chi connectivity index (χ4n) is 2.98. The van der Waals surface area contributed by atoms with E-state index in [1.54, 1.807) is 12.1 Å². The van der Waals surface area contributed by atoms with Gasteiger partial charge in [-0.15, -0.1) is 0 Å². The summed E-state index contributed by atoms with van der Waals surface area (Å²) >= 11 is 0. The first-order valence-corrected chi connectivity index (χ1v) is 9.94. The summed E-state index contributed by atoms with van der Waals surface area (Å²) in [5, 5.41) is 11.6. The highest BCUT2D eigenvalue weighted by atomic mass is 32.2. The van der Waals surface area contributed by atoms with E-state index in [1.807, 2.05) is 12.1 Å². The molecule has 0 aromatic heterocycles. The van der Waals surface area contributed by atoms with Crippen LogP contribution in [0.25, 0.3) is 10.8 Å². The number of phenolic OH excluding ortho intramolecular Hbond substituents is 1. The molecule has 7 nitrogen and oxygen atoms in total. The van der Waals surface area contributed by atoms with Gasteiger partial charge in [0.1, 0.15) is 11.3 Å². The number of fused-ring (bicyclic) bond motifs is 1. The van der Waals surface area contributed by atoms with Crippen molar-refractivity contribution >= 4 is 32.5 Å². The molecular weight excluding hydrogens is 358 g/mol. The van der Waals surface area contributed by atoms with Crippen LogP contribution in [0.15, 0.2) is 36.4 Å². The van der Waals surface area contributed by atoms with Crippen LogP contribution in [0.3, 0.4) is 0 Å². The molecular formula is C18H19NO6S. The normalized spacial score (nSPS) is 18.6. The van der Waals surface area contributed by atoms with Gasteiger partial charge in [0.2, 0.25) is 0 Å². The Morgan fingerprint density at radius 2 is 1.88 bits per heavy atom. The maximum atomic E-state index is 12.2. The molecule has 26 heavy (non-hydrogen) atoms. The number of rotatable bonds is 4. The van der Waals surface area contributed by atoms with E-state index >= 15 is 0 Å². The average Bonchev–Trinajstić information content (AvgIpc) is 2.97. The molecule has 1 heterocycles. The first kappa shape index (κ1) is 18.2. The number of aromatic hydroxyl groups is 1. The molecule has 0 radical (unpaired) electrons. The molecule has 0 saturated carbocycles. The molecule has 1 fully saturated rings. The van der Waals surface area contributed by atoms with Crippen molar-refractivity contribution < 1.29 is 27.9 Å². The van der Waals surface area contributed by atoms with Gasteiger partial charge >= 0.3 is 5.97 Å². The van der Waals surface area contributed by atoms with Gasteiger partial charge in [0.25, 0.3) is 5.91 Å². The number of phenols is 1. The van der Waals surface area contributed by atoms with Gasteiger partial charge in [-0.3, -0.25) is 4.79 Å². The van der Waals surface area contributed by atoms with Gasteiger partial charge in [0.05, 0.1) is 11.5 Å². The highest BCUT2D eigenvalue weighted by Gasteiger charge is 2.33. The Morgan fingerprint density at radius 1 is 1.23 bits per heavy atom. The first-order chi connectivity index (χ1) is 12.3. The second-order valence-electron chi connectivity index (χ2n) is 6.35. The third-order valence-corrected chi connectivity index (χ3v) is 6.31. The van der Waals surface area contributed by atoms with Gasteiger partial charge in [0, 0.05) is 13.1 Å². The monoisotopic (exact) mass is 377 g/mol. The minimum absolute atomic E-state index is 0.0254. The zero-order valence-electron chi connectivity index (χ0n) is 14.2. The lowest BCUT2D eigenvalue weighted by Gasteiger charge is -2.23. The number of amides is 1. The third kappa shape index (κ3) is 3.80. The summed E-state index contributed by atoms with van der Waals surface area (Å²) in [7, 11) is -1.61. The van der Waals surface area contributed by atoms with Crippen LogP contribution in [0, 0.1) is 0 Å². The van der Waals surface area contributed by atoms with Gasteiger partial charge in [-0.25, -0.2) is 13.2 Å². The van der Waals surface area contributed by atoms with E-state index in [-0.39, 0.29) is 22.8 Å². The summed E-state index contributed by atoms with van der Waals surface area (Å²) in [6, 6.07) is 9.79. The number of benzene rings is 2. The van der Waals surface area contributed by atoms with Gasteiger partial charge < -0.3 is 14.7 Å². The van der Waals surface area contributed by atoms with Crippen LogP contribution in [0.5, 0.6) is 5.75 Å². The topological polar surface area (TPSA) is 101 Å². The molecule has 1 unspecified atom stereocenters. The molecule has 1 atom stereocenters. The number of hydrogen-bond donors (Lipinski definition) is 1. The zero-order chi connectivity index (χ0) is 18.9. The second-order valence-corrected chi connectivity index (χ2v) is 8.58. The number of carbonyl (C=O) groups excluding carboxylic acids is 2. The van der Waals surface area contributed by atoms with Crippen molar-refractivity contribution in [2.75, 3.05) is 25.2 Å². The Kier molecular flexibility index (Phi) is 4.86. The number of hydrogen-bond acceptors (Lipinski definition) is 6. The van der Waals surface area contributed by atoms with E-state index in [4.69, 9.17) is 4.74 Å². The molecule has 0 aliphatic carbocycles. The first-order valence-electron chi connectivity index (χ1n) is 8.12. The predicted octanol–water partition coefficient (Wildman–Crippen LogP) is 1.35. The predicted molar refractivity (Wildman–Crippen MR) is 95.7 cm³/mol. The van der Waals surface area contributed by atoms with Crippen molar-refractivity contribution in [3.63, 3.8) is 0 Å². The molecule has 1 aliphatic rings. The Morgan fingerprint density at radius 3 is 2.50 bits per heavy atom. The minimum atomic E-state index is -3.11. The molecule has 2 aromatic rings. The molecule has 1 aliphatic heterocycles. The zero-order valence-corrected chi connectivity index (χ0v) is 15.0. The molecule has 1 saturated heterocycles. The third-order valence-electron chi connectivity index (χ3n) is 4.56. The van der Waals surface area contributed by atoms with Crippen LogP contribution in [0.2, 0.25) is 0 Å². The number of likely N-dealkylation sites (N-methyl/N-ethyl adjacent to an activating group) is 1. The van der Waals surface area contributed by atoms with E-state index in [2.05, 4.69) is 0 Å². The SMILES string of the molecule is CN(C(=O)COC(=O)c1cc2ccccc2cc1O)C1CCS(=O)(=O)C1. The molecule has 0 spiro atoms. The Balaban J connectivity index is 1.65. The number of sulfone groups is 1. The number of ether oxygens (including phenoxy) is 1. The summed E-state index contributed by atoms with van der Waals surface area (Å²) in [6.45, 7) is -0.516. The summed E-state index contributed by atoms with van der Waals surface area (Å²) < 4.78 is 28.0. The van der Waals surface area contributed by atoms with E-state index in [9.17, 15) is 23.1 Å². The molecule has 0 bridgehead atoms. The summed E-state index contributed by atoms with van der Waals surface area (Å²) in [5.41, 5.74) is -0.0254. The van der Waals surface area contributed by atoms with Crippen LogP contribution in [-0.2, 0) is 19.4 Å². The summed E-state index contributed by atoms with van der Waals surface area (Å²) in [4.78, 5) is 25.7. The van der Waals surface area contributed by atoms with Crippen molar-refractivity contribution in [3.05, 3.63) is 42.0 Å². The molecule has 2 aromatic carbocycles. The second kappa shape index (κ2) is 6.95. The van der Waals surface area contributed by atoms with Crippen LogP contribution in [0.1, 0.15) is 16.8 Å². The quantitative estimate of drug-likeness (QED) is 0.807. The maximum Gasteiger partial charge on any atom is 0.342 e. The molecule has 8 heteroatoms. The van der Waals surface area contributed by atoms with Crippen LogP contribution in [0.4, 0.5) is 0 Å². The highest BCUT2D eigenvalue weighted by molar-refractivity contribution is 7.91. The highest BCUT2D eigenvalue weighted by Crippen LogP contribution is 2.25. The molecule has 138 valence electrons. The van der Waals surface area contributed by atoms with Crippen molar-refractivity contribution in [1.29, 1.82) is 0 Å². The fourth-order valence-corrected chi connectivity index (χ4v) is 4.76.